The number of halogens is 4. The molecular weight excluding hydrogens is 287 g/mol. The Bertz CT molecular complexity index is 616. The van der Waals surface area contributed by atoms with Crippen molar-refractivity contribution in [2.75, 3.05) is 6.54 Å². The van der Waals surface area contributed by atoms with E-state index in [4.69, 9.17) is 11.6 Å². The van der Waals surface area contributed by atoms with Gasteiger partial charge in [0.2, 0.25) is 0 Å². The summed E-state index contributed by atoms with van der Waals surface area (Å²) in [4.78, 5) is 0. The first-order chi connectivity index (χ1) is 9.54. The highest BCUT2D eigenvalue weighted by molar-refractivity contribution is 6.31. The van der Waals surface area contributed by atoms with Crippen LogP contribution in [0.2, 0.25) is 5.02 Å². The number of hydrogen-bond acceptors (Lipinski definition) is 1. The van der Waals surface area contributed by atoms with E-state index >= 15 is 0 Å². The largest absolute Gasteiger partial charge is 0.306 e. The van der Waals surface area contributed by atoms with Gasteiger partial charge in [-0.3, -0.25) is 0 Å². The molecule has 0 bridgehead atoms. The summed E-state index contributed by atoms with van der Waals surface area (Å²) in [5.74, 6) is -2.34. The fraction of sp³-hybridized carbons (Fsp3) is 0.200. The number of nitrogens with one attached hydrogen (secondary N) is 1. The summed E-state index contributed by atoms with van der Waals surface area (Å²) in [6.45, 7) is 2.36. The first-order valence-corrected chi connectivity index (χ1v) is 6.54. The first kappa shape index (κ1) is 14.9. The van der Waals surface area contributed by atoms with Crippen molar-refractivity contribution in [3.8, 4) is 0 Å². The van der Waals surface area contributed by atoms with Gasteiger partial charge in [-0.25, -0.2) is 13.2 Å². The van der Waals surface area contributed by atoms with Crippen molar-refractivity contribution in [3.05, 3.63) is 70.0 Å². The van der Waals surface area contributed by atoms with E-state index in [0.29, 0.717) is 12.1 Å². The van der Waals surface area contributed by atoms with Crippen LogP contribution in [0.3, 0.4) is 0 Å². The van der Waals surface area contributed by atoms with Crippen LogP contribution in [0, 0.1) is 17.5 Å². The minimum atomic E-state index is -0.932. The highest BCUT2D eigenvalue weighted by Gasteiger charge is 2.21. The molecule has 0 saturated heterocycles. The molecule has 0 amide bonds. The van der Waals surface area contributed by atoms with E-state index in [0.717, 1.165) is 12.1 Å². The molecule has 1 atom stereocenters. The third-order valence-corrected chi connectivity index (χ3v) is 3.30. The Labute approximate surface area is 120 Å². The van der Waals surface area contributed by atoms with Crippen molar-refractivity contribution in [3.63, 3.8) is 0 Å². The molecule has 0 aliphatic rings. The molecule has 1 unspecified atom stereocenters. The zero-order chi connectivity index (χ0) is 14.7. The molecule has 0 aliphatic carbocycles. The molecule has 1 N–H and O–H groups in total. The summed E-state index contributed by atoms with van der Waals surface area (Å²) in [5, 5.41) is 3.20. The van der Waals surface area contributed by atoms with E-state index in [1.807, 2.05) is 6.92 Å². The van der Waals surface area contributed by atoms with E-state index in [9.17, 15) is 13.2 Å². The van der Waals surface area contributed by atoms with Gasteiger partial charge in [0.1, 0.15) is 5.82 Å². The van der Waals surface area contributed by atoms with Crippen LogP contribution in [0.5, 0.6) is 0 Å². The zero-order valence-electron chi connectivity index (χ0n) is 10.8. The van der Waals surface area contributed by atoms with Gasteiger partial charge in [-0.1, -0.05) is 36.7 Å². The van der Waals surface area contributed by atoms with E-state index in [2.05, 4.69) is 5.32 Å². The highest BCUT2D eigenvalue weighted by Crippen LogP contribution is 2.31. The van der Waals surface area contributed by atoms with Crippen molar-refractivity contribution in [1.29, 1.82) is 0 Å². The summed E-state index contributed by atoms with van der Waals surface area (Å²) >= 11 is 6.01. The zero-order valence-corrected chi connectivity index (χ0v) is 11.5. The molecule has 0 aliphatic heterocycles. The van der Waals surface area contributed by atoms with Gasteiger partial charge in [-0.15, -0.1) is 0 Å². The quantitative estimate of drug-likeness (QED) is 0.879. The lowest BCUT2D eigenvalue weighted by Crippen LogP contribution is -2.23. The van der Waals surface area contributed by atoms with Gasteiger partial charge in [-0.05, 0) is 30.3 Å². The lowest BCUT2D eigenvalue weighted by molar-refractivity contribution is 0.483. The Morgan fingerprint density at radius 1 is 1.10 bits per heavy atom. The van der Waals surface area contributed by atoms with E-state index in [1.165, 1.54) is 24.3 Å². The fourth-order valence-corrected chi connectivity index (χ4v) is 2.35. The topological polar surface area (TPSA) is 12.0 Å². The molecule has 0 heterocycles. The third kappa shape index (κ3) is 2.97. The van der Waals surface area contributed by atoms with Gasteiger partial charge in [0.15, 0.2) is 11.6 Å². The minimum Gasteiger partial charge on any atom is -0.306 e. The molecule has 1 nitrogen and oxygen atoms in total. The van der Waals surface area contributed by atoms with E-state index < -0.39 is 23.5 Å². The smallest absolute Gasteiger partial charge is 0.163 e. The average Bonchev–Trinajstić information content (AvgIpc) is 2.40. The van der Waals surface area contributed by atoms with Crippen molar-refractivity contribution in [2.24, 2.45) is 0 Å². The fourth-order valence-electron chi connectivity index (χ4n) is 2.07. The molecule has 106 valence electrons. The molecule has 2 aromatic carbocycles. The normalized spacial score (nSPS) is 12.4. The average molecular weight is 300 g/mol. The first-order valence-electron chi connectivity index (χ1n) is 6.16. The predicted octanol–water partition coefficient (Wildman–Crippen LogP) is 4.46. The molecular formula is C15H13ClF3N. The van der Waals surface area contributed by atoms with Crippen LogP contribution in [-0.4, -0.2) is 6.54 Å². The molecule has 2 rings (SSSR count). The monoisotopic (exact) mass is 299 g/mol. The summed E-state index contributed by atoms with van der Waals surface area (Å²) in [6.07, 6.45) is 0. The van der Waals surface area contributed by atoms with Crippen LogP contribution in [-0.2, 0) is 0 Å². The summed E-state index contributed by atoms with van der Waals surface area (Å²) < 4.78 is 40.4. The number of benzene rings is 2. The van der Waals surface area contributed by atoms with Gasteiger partial charge in [0.05, 0.1) is 6.04 Å². The van der Waals surface area contributed by atoms with Gasteiger partial charge in [0, 0.05) is 10.6 Å². The molecule has 0 radical (unpaired) electrons. The Hall–Kier alpha value is -1.52. The number of rotatable bonds is 4. The Kier molecular flexibility index (Phi) is 4.68. The standard InChI is InChI=1S/C15H13ClF3N/c1-2-20-15(10-7-6-9(17)8-12(10)16)11-4-3-5-13(18)14(11)19/h3-8,15,20H,2H2,1H3. The van der Waals surface area contributed by atoms with Crippen LogP contribution >= 0.6 is 11.6 Å². The second-order valence-electron chi connectivity index (χ2n) is 4.30. The van der Waals surface area contributed by atoms with Gasteiger partial charge in [-0.2, -0.15) is 0 Å². The van der Waals surface area contributed by atoms with Crippen LogP contribution in [0.15, 0.2) is 36.4 Å². The lowest BCUT2D eigenvalue weighted by atomic mass is 9.97. The molecule has 0 fully saturated rings. The van der Waals surface area contributed by atoms with Crippen molar-refractivity contribution < 1.29 is 13.2 Å². The highest BCUT2D eigenvalue weighted by atomic mass is 35.5. The number of hydrogen-bond donors (Lipinski definition) is 1. The summed E-state index contributed by atoms with van der Waals surface area (Å²) in [5.41, 5.74) is 0.639. The van der Waals surface area contributed by atoms with Crippen molar-refractivity contribution >= 4 is 11.6 Å². The molecule has 2 aromatic rings. The summed E-state index contributed by atoms with van der Waals surface area (Å²) in [6, 6.07) is 7.18. The lowest BCUT2D eigenvalue weighted by Gasteiger charge is -2.21. The van der Waals surface area contributed by atoms with Crippen molar-refractivity contribution in [1.82, 2.24) is 5.32 Å². The molecule has 20 heavy (non-hydrogen) atoms. The van der Waals surface area contributed by atoms with Gasteiger partial charge < -0.3 is 5.32 Å². The maximum Gasteiger partial charge on any atom is 0.163 e. The molecule has 0 aromatic heterocycles. The molecule has 5 heteroatoms. The van der Waals surface area contributed by atoms with Crippen LogP contribution < -0.4 is 5.32 Å². The van der Waals surface area contributed by atoms with E-state index in [-0.39, 0.29) is 10.6 Å². The van der Waals surface area contributed by atoms with Crippen LogP contribution in [0.25, 0.3) is 0 Å². The van der Waals surface area contributed by atoms with Crippen molar-refractivity contribution in [2.45, 2.75) is 13.0 Å². The van der Waals surface area contributed by atoms with Crippen LogP contribution in [0.4, 0.5) is 13.2 Å². The predicted molar refractivity (Wildman–Crippen MR) is 73.3 cm³/mol. The Morgan fingerprint density at radius 3 is 2.50 bits per heavy atom. The minimum absolute atomic E-state index is 0.139. The maximum absolute atomic E-state index is 13.9. The second-order valence-corrected chi connectivity index (χ2v) is 4.71. The third-order valence-electron chi connectivity index (χ3n) is 2.97. The van der Waals surface area contributed by atoms with E-state index in [1.54, 1.807) is 0 Å². The summed E-state index contributed by atoms with van der Waals surface area (Å²) in [7, 11) is 0. The Balaban J connectivity index is 2.53. The molecule has 0 saturated carbocycles. The van der Waals surface area contributed by atoms with Gasteiger partial charge in [0.25, 0.3) is 0 Å². The Morgan fingerprint density at radius 2 is 1.85 bits per heavy atom. The maximum atomic E-state index is 13.9. The van der Waals surface area contributed by atoms with Gasteiger partial charge >= 0.3 is 0 Å². The SMILES string of the molecule is CCNC(c1ccc(F)cc1Cl)c1cccc(F)c1F. The second kappa shape index (κ2) is 6.29. The van der Waals surface area contributed by atoms with Crippen LogP contribution in [0.1, 0.15) is 24.1 Å². The molecule has 0 spiro atoms.